The van der Waals surface area contributed by atoms with Crippen molar-refractivity contribution >= 4 is 34.6 Å². The van der Waals surface area contributed by atoms with Crippen LogP contribution in [0.15, 0.2) is 42.9 Å². The minimum atomic E-state index is -0.686. The molecule has 34 heavy (non-hydrogen) atoms. The number of carbonyl (C=O) groups excluding carboxylic acids is 1. The number of aryl methyl sites for hydroxylation is 1. The Hall–Kier alpha value is -4.06. The molecule has 1 aliphatic carbocycles. The molecule has 5 rings (SSSR count). The molecule has 0 saturated heterocycles. The lowest BCUT2D eigenvalue weighted by molar-refractivity contribution is 0.102. The topological polar surface area (TPSA) is 140 Å². The number of nitrogens with zero attached hydrogens (tertiary/aromatic N) is 6. The standard InChI is InChI=1S/C22H25FN10O/c1-32-9-7-19(30-32)29-16-11-20(27-14-4-2-13(24)3-5-14)31-33-17(12-26-21(16)33)22(34)28-15-6-8-25-18(23)10-15/h6-14H,2-5,24H2,1H3,(H,27,31)(H,29,30)(H,25,28,34)/t13-,14-. The molecule has 0 aromatic carbocycles. The van der Waals surface area contributed by atoms with Crippen LogP contribution in [-0.2, 0) is 7.05 Å². The molecule has 1 fully saturated rings. The second-order valence-electron chi connectivity index (χ2n) is 8.40. The maximum Gasteiger partial charge on any atom is 0.276 e. The number of hydrogen-bond acceptors (Lipinski definition) is 8. The van der Waals surface area contributed by atoms with E-state index in [9.17, 15) is 9.18 Å². The molecule has 0 bridgehead atoms. The van der Waals surface area contributed by atoms with Crippen LogP contribution in [0, 0.1) is 5.95 Å². The van der Waals surface area contributed by atoms with Gasteiger partial charge in [-0.15, -0.1) is 5.10 Å². The highest BCUT2D eigenvalue weighted by molar-refractivity contribution is 6.03. The first kappa shape index (κ1) is 21.8. The SMILES string of the molecule is Cn1ccc(Nc2cc(N[C@H]3CC[C@H](N)CC3)nn3c(C(=O)Nc4ccnc(F)c4)cnc23)n1. The third-order valence-corrected chi connectivity index (χ3v) is 5.78. The lowest BCUT2D eigenvalue weighted by Crippen LogP contribution is -2.33. The average molecular weight is 465 g/mol. The van der Waals surface area contributed by atoms with E-state index in [4.69, 9.17) is 5.73 Å². The minimum absolute atomic E-state index is 0.200. The number of carbonyl (C=O) groups is 1. The summed E-state index contributed by atoms with van der Waals surface area (Å²) >= 11 is 0. The molecule has 12 heteroatoms. The molecule has 1 amide bonds. The third-order valence-electron chi connectivity index (χ3n) is 5.78. The molecule has 4 aromatic rings. The predicted octanol–water partition coefficient (Wildman–Crippen LogP) is 2.67. The third kappa shape index (κ3) is 4.66. The van der Waals surface area contributed by atoms with E-state index in [0.717, 1.165) is 31.7 Å². The number of halogens is 1. The maximum absolute atomic E-state index is 13.5. The fourth-order valence-corrected chi connectivity index (χ4v) is 4.05. The fraction of sp³-hybridized carbons (Fsp3) is 0.318. The molecule has 4 aromatic heterocycles. The van der Waals surface area contributed by atoms with Gasteiger partial charge >= 0.3 is 0 Å². The summed E-state index contributed by atoms with van der Waals surface area (Å²) in [5, 5.41) is 18.4. The van der Waals surface area contributed by atoms with Crippen LogP contribution in [0.1, 0.15) is 36.2 Å². The van der Waals surface area contributed by atoms with Gasteiger partial charge in [0.25, 0.3) is 5.91 Å². The zero-order chi connectivity index (χ0) is 23.7. The van der Waals surface area contributed by atoms with E-state index in [1.807, 2.05) is 25.4 Å². The number of nitrogens with one attached hydrogen (secondary N) is 3. The number of fused-ring (bicyclic) bond motifs is 1. The van der Waals surface area contributed by atoms with E-state index in [2.05, 4.69) is 36.1 Å². The van der Waals surface area contributed by atoms with Crippen LogP contribution in [0.5, 0.6) is 0 Å². The molecule has 11 nitrogen and oxygen atoms in total. The first-order chi connectivity index (χ1) is 16.4. The van der Waals surface area contributed by atoms with Gasteiger partial charge in [0.2, 0.25) is 5.95 Å². The Morgan fingerprint density at radius 1 is 1.12 bits per heavy atom. The lowest BCUT2D eigenvalue weighted by atomic mass is 9.92. The average Bonchev–Trinajstić information content (AvgIpc) is 3.41. The van der Waals surface area contributed by atoms with Crippen LogP contribution < -0.4 is 21.7 Å². The molecule has 0 radical (unpaired) electrons. The first-order valence-electron chi connectivity index (χ1n) is 11.0. The number of anilines is 4. The number of imidazole rings is 1. The van der Waals surface area contributed by atoms with Crippen molar-refractivity contribution in [3.05, 3.63) is 54.5 Å². The molecule has 1 saturated carbocycles. The second-order valence-corrected chi connectivity index (χ2v) is 8.40. The normalized spacial score (nSPS) is 18.1. The van der Waals surface area contributed by atoms with Crippen molar-refractivity contribution in [1.29, 1.82) is 0 Å². The van der Waals surface area contributed by atoms with E-state index < -0.39 is 11.9 Å². The van der Waals surface area contributed by atoms with Gasteiger partial charge in [0, 0.05) is 55.4 Å². The lowest BCUT2D eigenvalue weighted by Gasteiger charge is -2.27. The van der Waals surface area contributed by atoms with Gasteiger partial charge in [-0.3, -0.25) is 9.48 Å². The Morgan fingerprint density at radius 2 is 1.94 bits per heavy atom. The predicted molar refractivity (Wildman–Crippen MR) is 125 cm³/mol. The van der Waals surface area contributed by atoms with Gasteiger partial charge in [0.1, 0.15) is 5.82 Å². The summed E-state index contributed by atoms with van der Waals surface area (Å²) in [5.41, 5.74) is 7.61. The summed E-state index contributed by atoms with van der Waals surface area (Å²) in [4.78, 5) is 20.9. The van der Waals surface area contributed by atoms with E-state index in [0.29, 0.717) is 23.0 Å². The molecule has 4 heterocycles. The molecular formula is C22H25FN10O. The largest absolute Gasteiger partial charge is 0.366 e. The number of hydrogen-bond donors (Lipinski definition) is 4. The highest BCUT2D eigenvalue weighted by atomic mass is 19.1. The molecule has 1 aliphatic rings. The van der Waals surface area contributed by atoms with Crippen molar-refractivity contribution in [2.24, 2.45) is 12.8 Å². The van der Waals surface area contributed by atoms with Crippen molar-refractivity contribution in [2.45, 2.75) is 37.8 Å². The van der Waals surface area contributed by atoms with Crippen LogP contribution >= 0.6 is 0 Å². The monoisotopic (exact) mass is 464 g/mol. The zero-order valence-electron chi connectivity index (χ0n) is 18.6. The number of amides is 1. The van der Waals surface area contributed by atoms with E-state index in [-0.39, 0.29) is 23.5 Å². The van der Waals surface area contributed by atoms with E-state index in [1.165, 1.54) is 23.0 Å². The second kappa shape index (κ2) is 9.06. The highest BCUT2D eigenvalue weighted by Gasteiger charge is 2.21. The van der Waals surface area contributed by atoms with Gasteiger partial charge in [0.05, 0.1) is 11.9 Å². The molecule has 0 spiro atoms. The quantitative estimate of drug-likeness (QED) is 0.319. The molecule has 0 atom stereocenters. The van der Waals surface area contributed by atoms with Crippen LogP contribution in [0.3, 0.4) is 0 Å². The van der Waals surface area contributed by atoms with Gasteiger partial charge in [-0.1, -0.05) is 0 Å². The Labute approximate surface area is 194 Å². The smallest absolute Gasteiger partial charge is 0.276 e. The summed E-state index contributed by atoms with van der Waals surface area (Å²) in [6.07, 6.45) is 8.31. The van der Waals surface area contributed by atoms with Crippen molar-refractivity contribution < 1.29 is 9.18 Å². The molecule has 5 N–H and O–H groups in total. The summed E-state index contributed by atoms with van der Waals surface area (Å²) < 4.78 is 16.6. The van der Waals surface area contributed by atoms with Gasteiger partial charge in [-0.25, -0.2) is 14.5 Å². The van der Waals surface area contributed by atoms with Gasteiger partial charge < -0.3 is 21.7 Å². The van der Waals surface area contributed by atoms with E-state index in [1.54, 1.807) is 4.68 Å². The van der Waals surface area contributed by atoms with Crippen LogP contribution in [0.25, 0.3) is 5.65 Å². The van der Waals surface area contributed by atoms with Crippen molar-refractivity contribution in [1.82, 2.24) is 29.4 Å². The highest BCUT2D eigenvalue weighted by Crippen LogP contribution is 2.26. The van der Waals surface area contributed by atoms with E-state index >= 15 is 0 Å². The Bertz CT molecular complexity index is 1320. The minimum Gasteiger partial charge on any atom is -0.366 e. The van der Waals surface area contributed by atoms with Crippen molar-refractivity contribution in [3.8, 4) is 0 Å². The summed E-state index contributed by atoms with van der Waals surface area (Å²) in [6.45, 7) is 0. The van der Waals surface area contributed by atoms with Gasteiger partial charge in [0.15, 0.2) is 17.2 Å². The van der Waals surface area contributed by atoms with Crippen LogP contribution in [-0.4, -0.2) is 47.4 Å². The Balaban J connectivity index is 1.49. The maximum atomic E-state index is 13.5. The summed E-state index contributed by atoms with van der Waals surface area (Å²) in [6, 6.07) is 6.80. The number of nitrogens with two attached hydrogens (primary N) is 1. The van der Waals surface area contributed by atoms with Crippen LogP contribution in [0.4, 0.5) is 27.4 Å². The van der Waals surface area contributed by atoms with Gasteiger partial charge in [-0.2, -0.15) is 9.49 Å². The zero-order valence-corrected chi connectivity index (χ0v) is 18.6. The molecular weight excluding hydrogens is 439 g/mol. The molecule has 0 unspecified atom stereocenters. The number of pyridine rings is 1. The molecule has 0 aliphatic heterocycles. The van der Waals surface area contributed by atoms with Crippen LogP contribution in [0.2, 0.25) is 0 Å². The Kier molecular flexibility index (Phi) is 5.80. The van der Waals surface area contributed by atoms with Crippen molar-refractivity contribution in [2.75, 3.05) is 16.0 Å². The number of aromatic nitrogens is 6. The number of rotatable bonds is 6. The summed E-state index contributed by atoms with van der Waals surface area (Å²) in [5.74, 6) is 0.0598. The summed E-state index contributed by atoms with van der Waals surface area (Å²) in [7, 11) is 1.83. The first-order valence-corrected chi connectivity index (χ1v) is 11.0. The fourth-order valence-electron chi connectivity index (χ4n) is 4.05. The Morgan fingerprint density at radius 3 is 2.68 bits per heavy atom. The van der Waals surface area contributed by atoms with Gasteiger partial charge in [-0.05, 0) is 31.7 Å². The molecule has 176 valence electrons. The van der Waals surface area contributed by atoms with Crippen molar-refractivity contribution in [3.63, 3.8) is 0 Å².